The van der Waals surface area contributed by atoms with E-state index in [2.05, 4.69) is 10.1 Å². The van der Waals surface area contributed by atoms with Crippen LogP contribution in [0.5, 0.6) is 0 Å². The van der Waals surface area contributed by atoms with E-state index in [0.29, 0.717) is 17.1 Å². The van der Waals surface area contributed by atoms with Gasteiger partial charge in [0.15, 0.2) is 0 Å². The molecule has 5 heteroatoms. The second kappa shape index (κ2) is 5.31. The molecule has 80 valence electrons. The average molecular weight is 224 g/mol. The van der Waals surface area contributed by atoms with Crippen molar-refractivity contribution in [3.05, 3.63) is 29.8 Å². The molecule has 4 nitrogen and oxygen atoms in total. The number of nitrogens with two attached hydrogens (primary N) is 1. The minimum absolute atomic E-state index is 0.448. The number of carbonyl (C=O) groups excluding carboxylic acids is 1. The van der Waals surface area contributed by atoms with Crippen LogP contribution in [-0.4, -0.2) is 18.2 Å². The lowest BCUT2D eigenvalue weighted by Gasteiger charge is -2.04. The highest BCUT2D eigenvalue weighted by Crippen LogP contribution is 2.10. The van der Waals surface area contributed by atoms with Gasteiger partial charge in [-0.3, -0.25) is 5.32 Å². The van der Waals surface area contributed by atoms with Crippen LogP contribution < -0.4 is 11.1 Å². The summed E-state index contributed by atoms with van der Waals surface area (Å²) in [4.78, 5) is 11.3. The highest BCUT2D eigenvalue weighted by atomic mass is 32.1. The molecule has 0 aromatic heterocycles. The number of ether oxygens (including phenoxy) is 1. The molecule has 0 aliphatic heterocycles. The number of carbonyl (C=O) groups is 1. The zero-order chi connectivity index (χ0) is 11.3. The Labute approximate surface area is 93.4 Å². The van der Waals surface area contributed by atoms with Gasteiger partial charge in [0.25, 0.3) is 0 Å². The van der Waals surface area contributed by atoms with Crippen molar-refractivity contribution >= 4 is 29.0 Å². The molecule has 0 saturated carbocycles. The minimum atomic E-state index is -0.489. The minimum Gasteiger partial charge on any atom is -0.453 e. The number of hydrogen-bond acceptors (Lipinski definition) is 3. The van der Waals surface area contributed by atoms with Gasteiger partial charge < -0.3 is 10.5 Å². The largest absolute Gasteiger partial charge is 0.453 e. The van der Waals surface area contributed by atoms with Crippen LogP contribution in [-0.2, 0) is 11.2 Å². The van der Waals surface area contributed by atoms with Crippen LogP contribution in [0.15, 0.2) is 24.3 Å². The monoisotopic (exact) mass is 224 g/mol. The van der Waals surface area contributed by atoms with Gasteiger partial charge in [-0.1, -0.05) is 24.4 Å². The molecule has 0 atom stereocenters. The van der Waals surface area contributed by atoms with Gasteiger partial charge in [-0.25, -0.2) is 4.79 Å². The first kappa shape index (κ1) is 11.5. The van der Waals surface area contributed by atoms with E-state index in [1.807, 2.05) is 12.1 Å². The molecule has 3 N–H and O–H groups in total. The van der Waals surface area contributed by atoms with Gasteiger partial charge in [-0.05, 0) is 17.7 Å². The highest BCUT2D eigenvalue weighted by molar-refractivity contribution is 7.80. The summed E-state index contributed by atoms with van der Waals surface area (Å²) in [6, 6.07) is 7.24. The summed E-state index contributed by atoms with van der Waals surface area (Å²) in [5.41, 5.74) is 7.09. The predicted molar refractivity (Wildman–Crippen MR) is 63.0 cm³/mol. The van der Waals surface area contributed by atoms with Crippen LogP contribution in [0, 0.1) is 0 Å². The molecule has 0 heterocycles. The molecule has 0 radical (unpaired) electrons. The van der Waals surface area contributed by atoms with Gasteiger partial charge in [0.2, 0.25) is 0 Å². The Bertz CT molecular complexity index is 362. The van der Waals surface area contributed by atoms with Crippen molar-refractivity contribution in [1.82, 2.24) is 0 Å². The Morgan fingerprint density at radius 1 is 1.47 bits per heavy atom. The maximum absolute atomic E-state index is 10.9. The van der Waals surface area contributed by atoms with Gasteiger partial charge in [0.1, 0.15) is 0 Å². The van der Waals surface area contributed by atoms with Crippen LogP contribution in [0.4, 0.5) is 10.5 Å². The summed E-state index contributed by atoms with van der Waals surface area (Å²) in [5, 5.41) is 2.55. The number of amides is 1. The summed E-state index contributed by atoms with van der Waals surface area (Å²) in [6.07, 6.45) is 0.0745. The van der Waals surface area contributed by atoms with Gasteiger partial charge in [0, 0.05) is 12.1 Å². The third kappa shape index (κ3) is 3.95. The second-order valence-electron chi connectivity index (χ2n) is 2.96. The van der Waals surface area contributed by atoms with E-state index in [9.17, 15) is 4.79 Å². The number of thiocarbonyl (C=S) groups is 1. The Balaban J connectivity index is 2.64. The van der Waals surface area contributed by atoms with E-state index in [0.717, 1.165) is 5.56 Å². The molecule has 0 aliphatic carbocycles. The number of anilines is 1. The number of methoxy groups -OCH3 is 1. The topological polar surface area (TPSA) is 64.3 Å². The molecule has 1 aromatic carbocycles. The summed E-state index contributed by atoms with van der Waals surface area (Å²) in [5.74, 6) is 0. The van der Waals surface area contributed by atoms with Crippen molar-refractivity contribution in [2.75, 3.05) is 12.4 Å². The molecule has 1 amide bonds. The highest BCUT2D eigenvalue weighted by Gasteiger charge is 2.00. The summed E-state index contributed by atoms with van der Waals surface area (Å²) >= 11 is 4.79. The van der Waals surface area contributed by atoms with Crippen LogP contribution in [0.3, 0.4) is 0 Å². The maximum Gasteiger partial charge on any atom is 0.411 e. The number of nitrogens with one attached hydrogen (secondary N) is 1. The number of hydrogen-bond donors (Lipinski definition) is 2. The SMILES string of the molecule is COC(=O)Nc1ccc(CC(N)=S)cc1. The van der Waals surface area contributed by atoms with Gasteiger partial charge in [0.05, 0.1) is 12.1 Å². The van der Waals surface area contributed by atoms with Gasteiger partial charge in [-0.2, -0.15) is 0 Å². The third-order valence-electron chi connectivity index (χ3n) is 1.76. The lowest BCUT2D eigenvalue weighted by atomic mass is 10.1. The molecular formula is C10H12N2O2S. The fraction of sp³-hybridized carbons (Fsp3) is 0.200. The molecule has 1 rings (SSSR count). The quantitative estimate of drug-likeness (QED) is 0.767. The van der Waals surface area contributed by atoms with Crippen molar-refractivity contribution in [3.8, 4) is 0 Å². The molecule has 15 heavy (non-hydrogen) atoms. The van der Waals surface area contributed by atoms with E-state index in [4.69, 9.17) is 18.0 Å². The second-order valence-corrected chi connectivity index (χ2v) is 3.48. The van der Waals surface area contributed by atoms with Gasteiger partial charge in [-0.15, -0.1) is 0 Å². The smallest absolute Gasteiger partial charge is 0.411 e. The lowest BCUT2D eigenvalue weighted by Crippen LogP contribution is -2.12. The Morgan fingerprint density at radius 3 is 2.53 bits per heavy atom. The first-order valence-corrected chi connectivity index (χ1v) is 4.75. The first-order chi connectivity index (χ1) is 7.11. The zero-order valence-electron chi connectivity index (χ0n) is 8.32. The predicted octanol–water partition coefficient (Wildman–Crippen LogP) is 1.69. The molecule has 0 unspecified atom stereocenters. The van der Waals surface area contributed by atoms with Crippen molar-refractivity contribution in [2.24, 2.45) is 5.73 Å². The summed E-state index contributed by atoms with van der Waals surface area (Å²) in [6.45, 7) is 0. The zero-order valence-corrected chi connectivity index (χ0v) is 9.14. The molecule has 1 aromatic rings. The van der Waals surface area contributed by atoms with Crippen LogP contribution in [0.2, 0.25) is 0 Å². The fourth-order valence-electron chi connectivity index (χ4n) is 1.08. The molecular weight excluding hydrogens is 212 g/mol. The van der Waals surface area contributed by atoms with E-state index in [1.54, 1.807) is 12.1 Å². The van der Waals surface area contributed by atoms with Crippen molar-refractivity contribution in [2.45, 2.75) is 6.42 Å². The van der Waals surface area contributed by atoms with Gasteiger partial charge >= 0.3 is 6.09 Å². The van der Waals surface area contributed by atoms with Crippen LogP contribution >= 0.6 is 12.2 Å². The first-order valence-electron chi connectivity index (χ1n) is 4.34. The molecule has 0 fully saturated rings. The van der Waals surface area contributed by atoms with E-state index in [-0.39, 0.29) is 0 Å². The molecule has 0 saturated heterocycles. The number of benzene rings is 1. The van der Waals surface area contributed by atoms with E-state index in [1.165, 1.54) is 7.11 Å². The van der Waals surface area contributed by atoms with Crippen molar-refractivity contribution in [3.63, 3.8) is 0 Å². The van der Waals surface area contributed by atoms with E-state index < -0.39 is 6.09 Å². The summed E-state index contributed by atoms with van der Waals surface area (Å²) in [7, 11) is 1.32. The molecule has 0 bridgehead atoms. The Kier molecular flexibility index (Phi) is 4.05. The standard InChI is InChI=1S/C10H12N2O2S/c1-14-10(13)12-8-4-2-7(3-5-8)6-9(11)15/h2-5H,6H2,1H3,(H2,11,15)(H,12,13). The molecule has 0 spiro atoms. The molecule has 0 aliphatic rings. The van der Waals surface area contributed by atoms with Crippen molar-refractivity contribution in [1.29, 1.82) is 0 Å². The Hall–Kier alpha value is -1.62. The number of rotatable bonds is 3. The van der Waals surface area contributed by atoms with Crippen LogP contribution in [0.1, 0.15) is 5.56 Å². The third-order valence-corrected chi connectivity index (χ3v) is 1.91. The van der Waals surface area contributed by atoms with Crippen molar-refractivity contribution < 1.29 is 9.53 Å². The fourth-order valence-corrected chi connectivity index (χ4v) is 1.24. The average Bonchev–Trinajstić information content (AvgIpc) is 2.20. The normalized spacial score (nSPS) is 9.40. The maximum atomic E-state index is 10.9. The van der Waals surface area contributed by atoms with Crippen LogP contribution in [0.25, 0.3) is 0 Å². The van der Waals surface area contributed by atoms with E-state index >= 15 is 0 Å². The lowest BCUT2D eigenvalue weighted by molar-refractivity contribution is 0.187. The Morgan fingerprint density at radius 2 is 2.07 bits per heavy atom. The summed E-state index contributed by atoms with van der Waals surface area (Å²) < 4.78 is 4.46.